The van der Waals surface area contributed by atoms with Gasteiger partial charge in [0.05, 0.1) is 5.60 Å². The average Bonchev–Trinajstić information content (AvgIpc) is 2.53. The van der Waals surface area contributed by atoms with Crippen LogP contribution in [-0.2, 0) is 4.74 Å². The summed E-state index contributed by atoms with van der Waals surface area (Å²) >= 11 is 0. The zero-order valence-corrected chi connectivity index (χ0v) is 11.1. The SMILES string of the molecule is CCCC(C)COC1(CN)CCCCCC1. The van der Waals surface area contributed by atoms with Crippen LogP contribution in [0.2, 0.25) is 0 Å². The van der Waals surface area contributed by atoms with Crippen molar-refractivity contribution in [1.29, 1.82) is 0 Å². The van der Waals surface area contributed by atoms with Crippen LogP contribution in [0.25, 0.3) is 0 Å². The summed E-state index contributed by atoms with van der Waals surface area (Å²) in [5.41, 5.74) is 5.96. The molecule has 0 aromatic rings. The highest BCUT2D eigenvalue weighted by Crippen LogP contribution is 2.30. The molecule has 16 heavy (non-hydrogen) atoms. The third kappa shape index (κ3) is 4.42. The monoisotopic (exact) mass is 227 g/mol. The maximum absolute atomic E-state index is 6.19. The van der Waals surface area contributed by atoms with E-state index in [1.165, 1.54) is 51.4 Å². The predicted octanol–water partition coefficient (Wildman–Crippen LogP) is 3.49. The number of nitrogens with two attached hydrogens (primary N) is 1. The fourth-order valence-electron chi connectivity index (χ4n) is 2.68. The Bertz CT molecular complexity index is 174. The highest BCUT2D eigenvalue weighted by atomic mass is 16.5. The van der Waals surface area contributed by atoms with Crippen LogP contribution in [0.1, 0.15) is 65.2 Å². The fourth-order valence-corrected chi connectivity index (χ4v) is 2.68. The van der Waals surface area contributed by atoms with Gasteiger partial charge < -0.3 is 10.5 Å². The van der Waals surface area contributed by atoms with Crippen molar-refractivity contribution in [2.24, 2.45) is 11.7 Å². The topological polar surface area (TPSA) is 35.2 Å². The van der Waals surface area contributed by atoms with E-state index in [1.807, 2.05) is 0 Å². The van der Waals surface area contributed by atoms with E-state index in [4.69, 9.17) is 10.5 Å². The molecular weight excluding hydrogens is 198 g/mol. The summed E-state index contributed by atoms with van der Waals surface area (Å²) in [6, 6.07) is 0. The lowest BCUT2D eigenvalue weighted by molar-refractivity contribution is -0.0631. The van der Waals surface area contributed by atoms with E-state index < -0.39 is 0 Å². The van der Waals surface area contributed by atoms with Crippen molar-refractivity contribution in [2.45, 2.75) is 70.8 Å². The zero-order valence-electron chi connectivity index (χ0n) is 11.1. The molecule has 0 amide bonds. The second-order valence-corrected chi connectivity index (χ2v) is 5.51. The normalized spacial score (nSPS) is 22.7. The second kappa shape index (κ2) is 7.29. The van der Waals surface area contributed by atoms with Crippen LogP contribution in [0.3, 0.4) is 0 Å². The largest absolute Gasteiger partial charge is 0.373 e. The lowest BCUT2D eigenvalue weighted by Gasteiger charge is -2.33. The standard InChI is InChI=1S/C14H29NO/c1-3-8-13(2)11-16-14(12-15)9-6-4-5-7-10-14/h13H,3-12,15H2,1-2H3. The summed E-state index contributed by atoms with van der Waals surface area (Å²) in [6.45, 7) is 6.11. The van der Waals surface area contributed by atoms with E-state index in [0.29, 0.717) is 12.5 Å². The first-order valence-corrected chi connectivity index (χ1v) is 7.06. The molecule has 1 aliphatic rings. The quantitative estimate of drug-likeness (QED) is 0.705. The van der Waals surface area contributed by atoms with Gasteiger partial charge in [-0.25, -0.2) is 0 Å². The van der Waals surface area contributed by atoms with Crippen molar-refractivity contribution in [1.82, 2.24) is 0 Å². The predicted molar refractivity (Wildman–Crippen MR) is 69.5 cm³/mol. The highest BCUT2D eigenvalue weighted by Gasteiger charge is 2.30. The van der Waals surface area contributed by atoms with Crippen molar-refractivity contribution in [3.8, 4) is 0 Å². The smallest absolute Gasteiger partial charge is 0.0804 e. The Hall–Kier alpha value is -0.0800. The molecule has 1 saturated carbocycles. The van der Waals surface area contributed by atoms with Crippen LogP contribution >= 0.6 is 0 Å². The van der Waals surface area contributed by atoms with E-state index >= 15 is 0 Å². The summed E-state index contributed by atoms with van der Waals surface area (Å²) in [6.07, 6.45) is 10.1. The molecule has 0 aliphatic heterocycles. The molecule has 0 bridgehead atoms. The highest BCUT2D eigenvalue weighted by molar-refractivity contribution is 4.84. The summed E-state index contributed by atoms with van der Waals surface area (Å²) in [5, 5.41) is 0. The van der Waals surface area contributed by atoms with E-state index in [1.54, 1.807) is 0 Å². The van der Waals surface area contributed by atoms with Gasteiger partial charge in [0.2, 0.25) is 0 Å². The second-order valence-electron chi connectivity index (χ2n) is 5.51. The lowest BCUT2D eigenvalue weighted by atomic mass is 9.94. The first-order valence-electron chi connectivity index (χ1n) is 7.06. The van der Waals surface area contributed by atoms with Crippen molar-refractivity contribution in [2.75, 3.05) is 13.2 Å². The van der Waals surface area contributed by atoms with Gasteiger partial charge >= 0.3 is 0 Å². The molecule has 0 aromatic carbocycles. The van der Waals surface area contributed by atoms with Gasteiger partial charge in [0.15, 0.2) is 0 Å². The van der Waals surface area contributed by atoms with Crippen molar-refractivity contribution in [3.63, 3.8) is 0 Å². The Morgan fingerprint density at radius 1 is 1.19 bits per heavy atom. The molecule has 96 valence electrons. The van der Waals surface area contributed by atoms with E-state index in [-0.39, 0.29) is 5.60 Å². The molecule has 1 unspecified atom stereocenters. The maximum atomic E-state index is 6.19. The van der Waals surface area contributed by atoms with Gasteiger partial charge in [-0.05, 0) is 25.2 Å². The number of ether oxygens (including phenoxy) is 1. The summed E-state index contributed by atoms with van der Waals surface area (Å²) in [4.78, 5) is 0. The molecule has 1 fully saturated rings. The van der Waals surface area contributed by atoms with Crippen LogP contribution in [0.5, 0.6) is 0 Å². The minimum absolute atomic E-state index is 0.0124. The van der Waals surface area contributed by atoms with Crippen LogP contribution in [0.4, 0.5) is 0 Å². The molecule has 2 heteroatoms. The summed E-state index contributed by atoms with van der Waals surface area (Å²) in [5.74, 6) is 0.677. The van der Waals surface area contributed by atoms with E-state index in [0.717, 1.165) is 6.61 Å². The number of hydrogen-bond acceptors (Lipinski definition) is 2. The Balaban J connectivity index is 2.39. The molecule has 0 radical (unpaired) electrons. The van der Waals surface area contributed by atoms with Gasteiger partial charge in [-0.3, -0.25) is 0 Å². The van der Waals surface area contributed by atoms with Gasteiger partial charge in [0.1, 0.15) is 0 Å². The summed E-state index contributed by atoms with van der Waals surface area (Å²) < 4.78 is 6.19. The minimum atomic E-state index is 0.0124. The van der Waals surface area contributed by atoms with Crippen LogP contribution in [0.15, 0.2) is 0 Å². The average molecular weight is 227 g/mol. The molecule has 2 N–H and O–H groups in total. The Kier molecular flexibility index (Phi) is 6.37. The van der Waals surface area contributed by atoms with Crippen molar-refractivity contribution in [3.05, 3.63) is 0 Å². The van der Waals surface area contributed by atoms with Gasteiger partial charge in [0.25, 0.3) is 0 Å². The molecule has 1 rings (SSSR count). The third-order valence-electron chi connectivity index (χ3n) is 3.84. The van der Waals surface area contributed by atoms with Gasteiger partial charge in [-0.1, -0.05) is 46.0 Å². The Morgan fingerprint density at radius 2 is 1.81 bits per heavy atom. The fraction of sp³-hybridized carbons (Fsp3) is 1.00. The van der Waals surface area contributed by atoms with Crippen molar-refractivity contribution < 1.29 is 4.74 Å². The zero-order chi connectivity index (χ0) is 11.9. The van der Waals surface area contributed by atoms with E-state index in [2.05, 4.69) is 13.8 Å². The van der Waals surface area contributed by atoms with Gasteiger partial charge in [-0.2, -0.15) is 0 Å². The van der Waals surface area contributed by atoms with Gasteiger partial charge in [0, 0.05) is 13.2 Å². The van der Waals surface area contributed by atoms with Crippen LogP contribution in [0, 0.1) is 5.92 Å². The van der Waals surface area contributed by atoms with Crippen molar-refractivity contribution >= 4 is 0 Å². The third-order valence-corrected chi connectivity index (χ3v) is 3.84. The van der Waals surface area contributed by atoms with Crippen LogP contribution < -0.4 is 5.73 Å². The molecule has 0 spiro atoms. The Morgan fingerprint density at radius 3 is 2.31 bits per heavy atom. The molecule has 0 heterocycles. The first kappa shape index (κ1) is 14.0. The Labute approximate surface area is 101 Å². The van der Waals surface area contributed by atoms with E-state index in [9.17, 15) is 0 Å². The number of hydrogen-bond donors (Lipinski definition) is 1. The molecule has 0 aromatic heterocycles. The molecule has 1 aliphatic carbocycles. The maximum Gasteiger partial charge on any atom is 0.0804 e. The molecule has 2 nitrogen and oxygen atoms in total. The molecule has 0 saturated heterocycles. The lowest BCUT2D eigenvalue weighted by Crippen LogP contribution is -2.41. The number of rotatable bonds is 6. The molecule has 1 atom stereocenters. The van der Waals surface area contributed by atoms with Crippen LogP contribution in [-0.4, -0.2) is 18.8 Å². The minimum Gasteiger partial charge on any atom is -0.373 e. The van der Waals surface area contributed by atoms with Gasteiger partial charge in [-0.15, -0.1) is 0 Å². The molecular formula is C14H29NO. The first-order chi connectivity index (χ1) is 7.72. The summed E-state index contributed by atoms with van der Waals surface area (Å²) in [7, 11) is 0.